The van der Waals surface area contributed by atoms with Crippen LogP contribution in [0.2, 0.25) is 0 Å². The van der Waals surface area contributed by atoms with Crippen LogP contribution in [-0.2, 0) is 16.3 Å². The third-order valence-corrected chi connectivity index (χ3v) is 6.21. The lowest BCUT2D eigenvalue weighted by Crippen LogP contribution is -2.08. The molecule has 126 valence electrons. The lowest BCUT2D eigenvalue weighted by atomic mass is 10.1. The molecule has 1 atom stereocenters. The van der Waals surface area contributed by atoms with Crippen molar-refractivity contribution in [1.82, 2.24) is 9.97 Å². The maximum Gasteiger partial charge on any atom is 0.175 e. The molecule has 2 aromatic heterocycles. The van der Waals surface area contributed by atoms with E-state index < -0.39 is 9.84 Å². The highest BCUT2D eigenvalue weighted by Crippen LogP contribution is 2.30. The second-order valence-electron chi connectivity index (χ2n) is 5.71. The summed E-state index contributed by atoms with van der Waals surface area (Å²) in [4.78, 5) is 11.3. The van der Waals surface area contributed by atoms with Gasteiger partial charge in [-0.3, -0.25) is 0 Å². The molecule has 0 aliphatic carbocycles. The van der Waals surface area contributed by atoms with E-state index in [9.17, 15) is 8.42 Å². The molecular formula is C17H19N3O2S2. The fraction of sp³-hybridized carbons (Fsp3) is 0.294. The number of nitrogens with one attached hydrogen (secondary N) is 1. The van der Waals surface area contributed by atoms with Crippen LogP contribution in [0.3, 0.4) is 0 Å². The van der Waals surface area contributed by atoms with Gasteiger partial charge in [-0.05, 0) is 37.1 Å². The Hall–Kier alpha value is -1.99. The average Bonchev–Trinajstić information content (AvgIpc) is 2.98. The molecule has 24 heavy (non-hydrogen) atoms. The van der Waals surface area contributed by atoms with E-state index in [1.165, 1.54) is 11.1 Å². The number of benzene rings is 1. The van der Waals surface area contributed by atoms with E-state index in [1.807, 2.05) is 19.1 Å². The molecule has 0 aliphatic rings. The number of nitrogens with zero attached hydrogens (tertiary/aromatic N) is 2. The molecule has 0 bridgehead atoms. The van der Waals surface area contributed by atoms with Gasteiger partial charge in [-0.1, -0.05) is 19.1 Å². The first-order chi connectivity index (χ1) is 11.4. The van der Waals surface area contributed by atoms with Crippen molar-refractivity contribution in [2.24, 2.45) is 0 Å². The molecule has 1 aromatic carbocycles. The molecule has 0 radical (unpaired) electrons. The molecule has 0 spiro atoms. The molecule has 0 fully saturated rings. The molecule has 1 unspecified atom stereocenters. The fourth-order valence-electron chi connectivity index (χ4n) is 2.49. The molecular weight excluding hydrogens is 342 g/mol. The average molecular weight is 361 g/mol. The second kappa shape index (κ2) is 6.49. The summed E-state index contributed by atoms with van der Waals surface area (Å²) < 4.78 is 23.1. The maximum atomic E-state index is 11.6. The quantitative estimate of drug-likeness (QED) is 0.748. The van der Waals surface area contributed by atoms with Crippen LogP contribution in [0, 0.1) is 0 Å². The summed E-state index contributed by atoms with van der Waals surface area (Å²) in [6.45, 7) is 4.15. The minimum Gasteiger partial charge on any atom is -0.363 e. The van der Waals surface area contributed by atoms with Gasteiger partial charge in [0, 0.05) is 17.2 Å². The van der Waals surface area contributed by atoms with Gasteiger partial charge in [-0.25, -0.2) is 18.4 Å². The van der Waals surface area contributed by atoms with Crippen LogP contribution in [0.25, 0.3) is 10.2 Å². The number of anilines is 1. The highest BCUT2D eigenvalue weighted by atomic mass is 32.2. The standard InChI is InChI=1S/C17H19N3O2S2/c1-4-13-9-15-16(18-10-19-17(15)23-13)20-11(2)12-5-7-14(8-6-12)24(3,21)22/h5-11H,4H2,1-3H3,(H,18,19,20). The van der Waals surface area contributed by atoms with Crippen molar-refractivity contribution in [3.63, 3.8) is 0 Å². The monoisotopic (exact) mass is 361 g/mol. The van der Waals surface area contributed by atoms with E-state index in [0.29, 0.717) is 4.90 Å². The smallest absolute Gasteiger partial charge is 0.175 e. The van der Waals surface area contributed by atoms with Gasteiger partial charge in [-0.2, -0.15) is 0 Å². The summed E-state index contributed by atoms with van der Waals surface area (Å²) in [5.74, 6) is 0.802. The predicted octanol–water partition coefficient (Wildman–Crippen LogP) is 3.83. The lowest BCUT2D eigenvalue weighted by molar-refractivity contribution is 0.602. The Bertz CT molecular complexity index is 963. The first kappa shape index (κ1) is 16.9. The molecule has 0 aliphatic heterocycles. The maximum absolute atomic E-state index is 11.6. The van der Waals surface area contributed by atoms with Crippen LogP contribution in [0.4, 0.5) is 5.82 Å². The number of fused-ring (bicyclic) bond motifs is 1. The van der Waals surface area contributed by atoms with Crippen LogP contribution in [0.15, 0.2) is 41.6 Å². The Balaban J connectivity index is 1.87. The molecule has 0 saturated heterocycles. The number of aromatic nitrogens is 2. The van der Waals surface area contributed by atoms with E-state index >= 15 is 0 Å². The van der Waals surface area contributed by atoms with Crippen molar-refractivity contribution in [3.05, 3.63) is 47.1 Å². The predicted molar refractivity (Wildman–Crippen MR) is 98.4 cm³/mol. The van der Waals surface area contributed by atoms with Crippen LogP contribution in [0.1, 0.15) is 30.3 Å². The fourth-order valence-corrected chi connectivity index (χ4v) is 4.05. The number of thiophene rings is 1. The van der Waals surface area contributed by atoms with Crippen LogP contribution < -0.4 is 5.32 Å². The Morgan fingerprint density at radius 3 is 2.54 bits per heavy atom. The summed E-state index contributed by atoms with van der Waals surface area (Å²) in [6, 6.07) is 9.06. The summed E-state index contributed by atoms with van der Waals surface area (Å²) in [5, 5.41) is 4.43. The third-order valence-electron chi connectivity index (χ3n) is 3.89. The van der Waals surface area contributed by atoms with Crippen molar-refractivity contribution in [2.45, 2.75) is 31.2 Å². The van der Waals surface area contributed by atoms with E-state index in [-0.39, 0.29) is 6.04 Å². The number of hydrogen-bond donors (Lipinski definition) is 1. The number of sulfone groups is 1. The van der Waals surface area contributed by atoms with Gasteiger partial charge < -0.3 is 5.32 Å². The first-order valence-electron chi connectivity index (χ1n) is 7.68. The molecule has 1 N–H and O–H groups in total. The van der Waals surface area contributed by atoms with Crippen molar-refractivity contribution in [1.29, 1.82) is 0 Å². The number of rotatable bonds is 5. The van der Waals surface area contributed by atoms with Gasteiger partial charge in [-0.15, -0.1) is 11.3 Å². The number of hydrogen-bond acceptors (Lipinski definition) is 6. The highest BCUT2D eigenvalue weighted by molar-refractivity contribution is 7.90. The van der Waals surface area contributed by atoms with Gasteiger partial charge in [0.15, 0.2) is 9.84 Å². The second-order valence-corrected chi connectivity index (χ2v) is 8.85. The zero-order chi connectivity index (χ0) is 17.3. The van der Waals surface area contributed by atoms with Crippen molar-refractivity contribution in [2.75, 3.05) is 11.6 Å². The summed E-state index contributed by atoms with van der Waals surface area (Å²) in [5.41, 5.74) is 1.00. The molecule has 7 heteroatoms. The van der Waals surface area contributed by atoms with E-state index in [0.717, 1.165) is 28.0 Å². The summed E-state index contributed by atoms with van der Waals surface area (Å²) in [6.07, 6.45) is 3.76. The van der Waals surface area contributed by atoms with Gasteiger partial charge >= 0.3 is 0 Å². The van der Waals surface area contributed by atoms with Crippen molar-refractivity contribution >= 4 is 37.2 Å². The first-order valence-corrected chi connectivity index (χ1v) is 10.4. The topological polar surface area (TPSA) is 72.0 Å². The van der Waals surface area contributed by atoms with Crippen LogP contribution >= 0.6 is 11.3 Å². The molecule has 0 amide bonds. The Kier molecular flexibility index (Phi) is 4.56. The Morgan fingerprint density at radius 1 is 1.21 bits per heavy atom. The number of aryl methyl sites for hydroxylation is 1. The summed E-state index contributed by atoms with van der Waals surface area (Å²) >= 11 is 1.68. The Morgan fingerprint density at radius 2 is 1.92 bits per heavy atom. The highest BCUT2D eigenvalue weighted by Gasteiger charge is 2.13. The zero-order valence-corrected chi connectivity index (χ0v) is 15.4. The normalized spacial score (nSPS) is 13.1. The molecule has 0 saturated carbocycles. The molecule has 2 heterocycles. The van der Waals surface area contributed by atoms with E-state index in [2.05, 4.69) is 28.3 Å². The third kappa shape index (κ3) is 3.42. The van der Waals surface area contributed by atoms with Crippen molar-refractivity contribution in [3.8, 4) is 0 Å². The molecule has 3 rings (SSSR count). The molecule has 3 aromatic rings. The van der Waals surface area contributed by atoms with Crippen molar-refractivity contribution < 1.29 is 8.42 Å². The Labute approximate surface area is 145 Å². The SMILES string of the molecule is CCc1cc2c(NC(C)c3ccc(S(C)(=O)=O)cc3)ncnc2s1. The van der Waals surface area contributed by atoms with Gasteiger partial charge in [0.1, 0.15) is 17.0 Å². The van der Waals surface area contributed by atoms with Crippen LogP contribution in [0.5, 0.6) is 0 Å². The lowest BCUT2D eigenvalue weighted by Gasteiger charge is -2.15. The van der Waals surface area contributed by atoms with E-state index in [1.54, 1.807) is 29.8 Å². The van der Waals surface area contributed by atoms with Gasteiger partial charge in [0.2, 0.25) is 0 Å². The summed E-state index contributed by atoms with van der Waals surface area (Å²) in [7, 11) is -3.17. The minimum atomic E-state index is -3.17. The minimum absolute atomic E-state index is 0.00156. The van der Waals surface area contributed by atoms with Crippen LogP contribution in [-0.4, -0.2) is 24.6 Å². The van der Waals surface area contributed by atoms with Gasteiger partial charge in [0.25, 0.3) is 0 Å². The van der Waals surface area contributed by atoms with Gasteiger partial charge in [0.05, 0.1) is 10.3 Å². The van der Waals surface area contributed by atoms with E-state index in [4.69, 9.17) is 0 Å². The zero-order valence-electron chi connectivity index (χ0n) is 13.8. The largest absolute Gasteiger partial charge is 0.363 e. The molecule has 5 nitrogen and oxygen atoms in total.